The number of hydrogen-bond donors (Lipinski definition) is 0. The van der Waals surface area contributed by atoms with E-state index >= 15 is 0 Å². The van der Waals surface area contributed by atoms with Gasteiger partial charge in [0.15, 0.2) is 12.5 Å². The monoisotopic (exact) mass is 382 g/mol. The van der Waals surface area contributed by atoms with Crippen molar-refractivity contribution in [1.82, 2.24) is 0 Å². The first-order valence-corrected chi connectivity index (χ1v) is 9.45. The van der Waals surface area contributed by atoms with Crippen molar-refractivity contribution in [2.75, 3.05) is 19.9 Å². The van der Waals surface area contributed by atoms with Crippen LogP contribution >= 0.6 is 0 Å². The number of alkyl halides is 4. The van der Waals surface area contributed by atoms with E-state index in [1.165, 1.54) is 0 Å². The molecule has 0 aromatic rings. The number of carbonyl (C=O) groups is 1. The van der Waals surface area contributed by atoms with Gasteiger partial charge in [-0.25, -0.2) is 17.6 Å². The largest absolute Gasteiger partial charge is 0.349 e. The van der Waals surface area contributed by atoms with Crippen LogP contribution in [0.15, 0.2) is 0 Å². The van der Waals surface area contributed by atoms with Crippen LogP contribution in [0, 0.1) is 11.3 Å². The third-order valence-corrected chi connectivity index (χ3v) is 5.45. The Morgan fingerprint density at radius 1 is 1.04 bits per heavy atom. The second-order valence-corrected chi connectivity index (χ2v) is 8.53. The van der Waals surface area contributed by atoms with Crippen LogP contribution < -0.4 is 0 Å². The molecule has 0 aromatic carbocycles. The summed E-state index contributed by atoms with van der Waals surface area (Å²) < 4.78 is 61.7. The summed E-state index contributed by atoms with van der Waals surface area (Å²) in [6.45, 7) is 4.10. The van der Waals surface area contributed by atoms with Crippen LogP contribution in [0.5, 0.6) is 0 Å². The van der Waals surface area contributed by atoms with E-state index in [0.717, 1.165) is 13.2 Å². The molecule has 1 spiro atoms. The van der Waals surface area contributed by atoms with Gasteiger partial charge in [0.1, 0.15) is 12.0 Å². The number of Topliss-reactive ketones (excluding diaryl/α,β-unsaturated/α-hetero) is 1. The molecule has 3 rings (SSSR count). The summed E-state index contributed by atoms with van der Waals surface area (Å²) in [5, 5.41) is 0. The normalized spacial score (nSPS) is 27.1. The number of hydrogen-bond acceptors (Lipinski definition) is 3. The highest BCUT2D eigenvalue weighted by molar-refractivity contribution is 5.79. The molecule has 152 valence electrons. The van der Waals surface area contributed by atoms with Crippen LogP contribution in [0.4, 0.5) is 17.6 Å². The topological polar surface area (TPSA) is 35.5 Å². The Bertz CT molecular complexity index is 451. The van der Waals surface area contributed by atoms with Crippen molar-refractivity contribution in [3.05, 3.63) is 0 Å². The summed E-state index contributed by atoms with van der Waals surface area (Å²) in [5.74, 6) is -4.58. The zero-order valence-corrected chi connectivity index (χ0v) is 15.7. The van der Waals surface area contributed by atoms with Crippen LogP contribution in [0.3, 0.4) is 0 Å². The zero-order valence-electron chi connectivity index (χ0n) is 15.7. The van der Waals surface area contributed by atoms with Crippen LogP contribution in [0.25, 0.3) is 0 Å². The molecule has 0 unspecified atom stereocenters. The van der Waals surface area contributed by atoms with Gasteiger partial charge in [0, 0.05) is 37.0 Å². The first-order valence-electron chi connectivity index (χ1n) is 9.45. The van der Waals surface area contributed by atoms with Gasteiger partial charge < -0.3 is 9.47 Å². The Labute approximate surface area is 152 Å². The molecule has 0 bridgehead atoms. The molecule has 3 nitrogen and oxygen atoms in total. The molecule has 0 aromatic heterocycles. The molecule has 0 N–H and O–H groups in total. The lowest BCUT2D eigenvalue weighted by Crippen LogP contribution is -2.49. The molecule has 1 heterocycles. The van der Waals surface area contributed by atoms with Crippen LogP contribution in [-0.2, 0) is 14.3 Å². The van der Waals surface area contributed by atoms with E-state index in [4.69, 9.17) is 9.47 Å². The summed E-state index contributed by atoms with van der Waals surface area (Å²) in [5.41, 5.74) is 0.109. The summed E-state index contributed by atoms with van der Waals surface area (Å²) in [6, 6.07) is 0. The van der Waals surface area contributed by atoms with Crippen molar-refractivity contribution in [2.24, 2.45) is 11.3 Å². The van der Waals surface area contributed by atoms with Gasteiger partial charge in [-0.05, 0) is 25.7 Å². The van der Waals surface area contributed by atoms with Gasteiger partial charge >= 0.3 is 0 Å². The maximum Gasteiger partial charge on any atom is 0.278 e. The Hall–Kier alpha value is -0.690. The standard InChI is InChI=1S/C11H19FO2.C8H11F3O/c1-10(2)7-13-11(14-8-10)5-3-9(12)4-6-11;9-5-8(10,11)6-1-3-7(12)4-2-6/h9H,3-8H2,1-2H3;6H,1-5H2. The van der Waals surface area contributed by atoms with Crippen LogP contribution in [-0.4, -0.2) is 43.6 Å². The van der Waals surface area contributed by atoms with Gasteiger partial charge in [-0.15, -0.1) is 0 Å². The molecule has 7 heteroatoms. The molecule has 26 heavy (non-hydrogen) atoms. The lowest BCUT2D eigenvalue weighted by atomic mass is 9.84. The highest BCUT2D eigenvalue weighted by atomic mass is 19.3. The van der Waals surface area contributed by atoms with E-state index in [-0.39, 0.29) is 36.9 Å². The minimum atomic E-state index is -3.22. The number of halogens is 4. The van der Waals surface area contributed by atoms with E-state index < -0.39 is 30.5 Å². The molecule has 0 amide bonds. The van der Waals surface area contributed by atoms with Crippen molar-refractivity contribution < 1.29 is 31.8 Å². The fraction of sp³-hybridized carbons (Fsp3) is 0.947. The summed E-state index contributed by atoms with van der Waals surface area (Å²) in [7, 11) is 0. The summed E-state index contributed by atoms with van der Waals surface area (Å²) >= 11 is 0. The first-order chi connectivity index (χ1) is 12.1. The van der Waals surface area contributed by atoms with E-state index in [1.807, 2.05) is 0 Å². The van der Waals surface area contributed by atoms with E-state index in [2.05, 4.69) is 13.8 Å². The van der Waals surface area contributed by atoms with Gasteiger partial charge in [-0.1, -0.05) is 13.8 Å². The minimum Gasteiger partial charge on any atom is -0.349 e. The van der Waals surface area contributed by atoms with Crippen molar-refractivity contribution in [1.29, 1.82) is 0 Å². The number of rotatable bonds is 2. The third kappa shape index (κ3) is 5.91. The SMILES string of the molecule is CC1(C)COC2(CCC(F)CC2)OC1.O=C1CCC(C(F)(F)CF)CC1. The minimum absolute atomic E-state index is 0.0147. The van der Waals surface area contributed by atoms with Crippen molar-refractivity contribution in [3.8, 4) is 0 Å². The lowest BCUT2D eigenvalue weighted by molar-refractivity contribution is -0.312. The predicted molar refractivity (Wildman–Crippen MR) is 89.7 cm³/mol. The smallest absolute Gasteiger partial charge is 0.278 e. The van der Waals surface area contributed by atoms with E-state index in [0.29, 0.717) is 25.7 Å². The zero-order chi connectivity index (χ0) is 19.4. The Kier molecular flexibility index (Phi) is 7.10. The fourth-order valence-electron chi connectivity index (χ4n) is 3.52. The quantitative estimate of drug-likeness (QED) is 0.629. The highest BCUT2D eigenvalue weighted by Gasteiger charge is 2.43. The van der Waals surface area contributed by atoms with Gasteiger partial charge in [0.05, 0.1) is 13.2 Å². The molecule has 1 aliphatic heterocycles. The second kappa shape index (κ2) is 8.55. The molecular weight excluding hydrogens is 352 g/mol. The van der Waals surface area contributed by atoms with Gasteiger partial charge in [-0.2, -0.15) is 0 Å². The van der Waals surface area contributed by atoms with E-state index in [9.17, 15) is 22.4 Å². The molecule has 2 saturated carbocycles. The molecular formula is C19H30F4O3. The average Bonchev–Trinajstić information content (AvgIpc) is 2.61. The number of carbonyl (C=O) groups excluding carboxylic acids is 1. The molecule has 0 atom stereocenters. The number of ether oxygens (including phenoxy) is 2. The average molecular weight is 382 g/mol. The third-order valence-electron chi connectivity index (χ3n) is 5.45. The van der Waals surface area contributed by atoms with Gasteiger partial charge in [-0.3, -0.25) is 4.79 Å². The van der Waals surface area contributed by atoms with Crippen molar-refractivity contribution in [3.63, 3.8) is 0 Å². The Morgan fingerprint density at radius 3 is 2.00 bits per heavy atom. The van der Waals surface area contributed by atoms with Gasteiger partial charge in [0.2, 0.25) is 0 Å². The maximum absolute atomic E-state index is 13.0. The van der Waals surface area contributed by atoms with Crippen molar-refractivity contribution in [2.45, 2.75) is 83.1 Å². The van der Waals surface area contributed by atoms with Crippen LogP contribution in [0.2, 0.25) is 0 Å². The fourth-order valence-corrected chi connectivity index (χ4v) is 3.52. The van der Waals surface area contributed by atoms with Crippen molar-refractivity contribution >= 4 is 5.78 Å². The molecule has 2 aliphatic carbocycles. The predicted octanol–water partition coefficient (Wildman–Crippen LogP) is 5.02. The first kappa shape index (κ1) is 21.6. The molecule has 1 saturated heterocycles. The molecule has 3 aliphatic rings. The highest BCUT2D eigenvalue weighted by Crippen LogP contribution is 2.39. The summed E-state index contributed by atoms with van der Waals surface area (Å²) in [6.07, 6.45) is 2.57. The lowest BCUT2D eigenvalue weighted by Gasteiger charge is -2.45. The van der Waals surface area contributed by atoms with Gasteiger partial charge in [0.25, 0.3) is 5.92 Å². The Morgan fingerprint density at radius 2 is 1.54 bits per heavy atom. The number of ketones is 1. The maximum atomic E-state index is 13.0. The summed E-state index contributed by atoms with van der Waals surface area (Å²) in [4.78, 5) is 10.7. The Balaban J connectivity index is 0.000000190. The second-order valence-electron chi connectivity index (χ2n) is 8.53. The van der Waals surface area contributed by atoms with Crippen LogP contribution in [0.1, 0.15) is 65.2 Å². The molecule has 3 fully saturated rings. The molecule has 0 radical (unpaired) electrons. The van der Waals surface area contributed by atoms with E-state index in [1.54, 1.807) is 0 Å².